The van der Waals surface area contributed by atoms with Crippen LogP contribution in [0.1, 0.15) is 32.2 Å². The van der Waals surface area contributed by atoms with E-state index in [1.807, 2.05) is 31.3 Å². The largest absolute Gasteiger partial charge is 0.355 e. The smallest absolute Gasteiger partial charge is 0.193 e. The van der Waals surface area contributed by atoms with Crippen LogP contribution in [0.4, 0.5) is 0 Å². The van der Waals surface area contributed by atoms with Crippen molar-refractivity contribution in [3.63, 3.8) is 0 Å². The summed E-state index contributed by atoms with van der Waals surface area (Å²) in [6.45, 7) is 5.36. The second-order valence-corrected chi connectivity index (χ2v) is 9.33. The minimum Gasteiger partial charge on any atom is -0.355 e. The molecule has 1 saturated carbocycles. The highest BCUT2D eigenvalue weighted by Gasteiger charge is 2.44. The molecule has 1 N–H and O–H groups in total. The Labute approximate surface area is 166 Å². The summed E-state index contributed by atoms with van der Waals surface area (Å²) in [5, 5.41) is 3.67. The number of rotatable bonds is 5. The molecule has 1 aliphatic carbocycles. The molecule has 2 atom stereocenters. The second-order valence-electron chi connectivity index (χ2n) is 7.79. The van der Waals surface area contributed by atoms with Gasteiger partial charge in [0.25, 0.3) is 0 Å². The normalized spacial score (nSPS) is 24.7. The summed E-state index contributed by atoms with van der Waals surface area (Å²) in [5.74, 6) is 1.68. The molecule has 6 heteroatoms. The first-order valence-electron chi connectivity index (χ1n) is 9.86. The average Bonchev–Trinajstić information content (AvgIpc) is 3.23. The van der Waals surface area contributed by atoms with Crippen molar-refractivity contribution < 1.29 is 0 Å². The average molecular weight is 384 g/mol. The Bertz CT molecular complexity index is 754. The van der Waals surface area contributed by atoms with Gasteiger partial charge in [-0.15, -0.1) is 11.8 Å². The van der Waals surface area contributed by atoms with Crippen molar-refractivity contribution in [2.45, 2.75) is 41.9 Å². The molecule has 144 valence electrons. The molecule has 1 aromatic heterocycles. The Morgan fingerprint density at radius 1 is 1.33 bits per heavy atom. The lowest BCUT2D eigenvalue weighted by molar-refractivity contribution is 0.189. The monoisotopic (exact) mass is 383 g/mol. The number of benzene rings is 1. The van der Waals surface area contributed by atoms with Crippen molar-refractivity contribution in [1.29, 1.82) is 0 Å². The van der Waals surface area contributed by atoms with Crippen LogP contribution in [0.2, 0.25) is 0 Å². The minimum atomic E-state index is 0.324. The number of likely N-dealkylation sites (tertiary alicyclic amines) is 1. The van der Waals surface area contributed by atoms with Gasteiger partial charge in [-0.3, -0.25) is 4.99 Å². The van der Waals surface area contributed by atoms with Gasteiger partial charge >= 0.3 is 0 Å². The number of thioether (sulfide) groups is 1. The number of imidazole rings is 1. The standard InChI is InChI=1S/C21H29N5S/c1-17-8-12-25(14-19(17)26-13-11-23-16-26)20(22-2)24-15-21(9-10-21)27-18-6-4-3-5-7-18/h3-7,11,13,16-17,19H,8-10,12,14-15H2,1-2H3,(H,22,24). The Morgan fingerprint density at radius 3 is 2.81 bits per heavy atom. The van der Waals surface area contributed by atoms with Crippen LogP contribution in [0.3, 0.4) is 0 Å². The van der Waals surface area contributed by atoms with Crippen LogP contribution in [0.15, 0.2) is 58.9 Å². The molecule has 2 heterocycles. The van der Waals surface area contributed by atoms with Crippen molar-refractivity contribution in [3.05, 3.63) is 49.1 Å². The zero-order valence-electron chi connectivity index (χ0n) is 16.2. The van der Waals surface area contributed by atoms with E-state index < -0.39 is 0 Å². The van der Waals surface area contributed by atoms with E-state index >= 15 is 0 Å². The molecule has 1 aliphatic heterocycles. The number of nitrogens with zero attached hydrogens (tertiary/aromatic N) is 4. The van der Waals surface area contributed by atoms with E-state index in [0.717, 1.165) is 25.6 Å². The third-order valence-electron chi connectivity index (χ3n) is 5.79. The molecule has 0 spiro atoms. The van der Waals surface area contributed by atoms with Gasteiger partial charge in [-0.2, -0.15) is 0 Å². The lowest BCUT2D eigenvalue weighted by atomic mass is 9.93. The highest BCUT2D eigenvalue weighted by atomic mass is 32.2. The van der Waals surface area contributed by atoms with Crippen molar-refractivity contribution in [2.75, 3.05) is 26.7 Å². The molecule has 1 saturated heterocycles. The van der Waals surface area contributed by atoms with Gasteiger partial charge < -0.3 is 14.8 Å². The number of nitrogens with one attached hydrogen (secondary N) is 1. The molecule has 2 aromatic rings. The third-order valence-corrected chi connectivity index (χ3v) is 7.29. The van der Waals surface area contributed by atoms with Crippen molar-refractivity contribution in [3.8, 4) is 0 Å². The van der Waals surface area contributed by atoms with Gasteiger partial charge in [0.1, 0.15) is 0 Å². The third kappa shape index (κ3) is 4.32. The summed E-state index contributed by atoms with van der Waals surface area (Å²) in [4.78, 5) is 12.6. The van der Waals surface area contributed by atoms with Crippen molar-refractivity contribution in [2.24, 2.45) is 10.9 Å². The van der Waals surface area contributed by atoms with E-state index in [1.54, 1.807) is 0 Å². The number of hydrogen-bond donors (Lipinski definition) is 1. The number of piperidine rings is 1. The maximum Gasteiger partial charge on any atom is 0.193 e. The van der Waals surface area contributed by atoms with Gasteiger partial charge in [0.2, 0.25) is 0 Å². The van der Waals surface area contributed by atoms with E-state index in [0.29, 0.717) is 16.7 Å². The van der Waals surface area contributed by atoms with Gasteiger partial charge in [-0.1, -0.05) is 25.1 Å². The lowest BCUT2D eigenvalue weighted by Gasteiger charge is -2.39. The quantitative estimate of drug-likeness (QED) is 0.632. The van der Waals surface area contributed by atoms with E-state index in [-0.39, 0.29) is 0 Å². The molecule has 0 bridgehead atoms. The molecular weight excluding hydrogens is 354 g/mol. The molecule has 1 aromatic carbocycles. The molecule has 4 rings (SSSR count). The minimum absolute atomic E-state index is 0.324. The highest BCUT2D eigenvalue weighted by molar-refractivity contribution is 8.01. The fraction of sp³-hybridized carbons (Fsp3) is 0.524. The van der Waals surface area contributed by atoms with Gasteiger partial charge in [0.05, 0.1) is 12.4 Å². The van der Waals surface area contributed by atoms with Crippen LogP contribution in [-0.4, -0.2) is 51.8 Å². The maximum atomic E-state index is 4.59. The fourth-order valence-corrected chi connectivity index (χ4v) is 5.10. The summed E-state index contributed by atoms with van der Waals surface area (Å²) in [6, 6.07) is 11.2. The van der Waals surface area contributed by atoms with Crippen molar-refractivity contribution >= 4 is 17.7 Å². The molecule has 0 amide bonds. The summed E-state index contributed by atoms with van der Waals surface area (Å²) in [7, 11) is 1.90. The molecule has 0 radical (unpaired) electrons. The summed E-state index contributed by atoms with van der Waals surface area (Å²) < 4.78 is 2.57. The second kappa shape index (κ2) is 7.97. The Balaban J connectivity index is 1.37. The number of aromatic nitrogens is 2. The SMILES string of the molecule is CN=C(NCC1(Sc2ccccc2)CC1)N1CCC(C)C(n2ccnc2)C1. The van der Waals surface area contributed by atoms with E-state index in [1.165, 1.54) is 24.2 Å². The number of aliphatic imine (C=N–C) groups is 1. The zero-order valence-corrected chi connectivity index (χ0v) is 17.0. The molecule has 27 heavy (non-hydrogen) atoms. The van der Waals surface area contributed by atoms with Gasteiger partial charge in [0, 0.05) is 48.7 Å². The zero-order chi connectivity index (χ0) is 18.7. The Kier molecular flexibility index (Phi) is 5.43. The first-order chi connectivity index (χ1) is 13.2. The van der Waals surface area contributed by atoms with E-state index in [4.69, 9.17) is 0 Å². The highest BCUT2D eigenvalue weighted by Crippen LogP contribution is 2.51. The summed E-state index contributed by atoms with van der Waals surface area (Å²) in [6.07, 6.45) is 9.60. The Morgan fingerprint density at radius 2 is 2.15 bits per heavy atom. The van der Waals surface area contributed by atoms with Crippen LogP contribution >= 0.6 is 11.8 Å². The lowest BCUT2D eigenvalue weighted by Crippen LogP contribution is -2.50. The molecule has 2 aliphatic rings. The molecule has 5 nitrogen and oxygen atoms in total. The van der Waals surface area contributed by atoms with Crippen LogP contribution in [0.5, 0.6) is 0 Å². The molecule has 2 unspecified atom stereocenters. The Hall–Kier alpha value is -1.95. The van der Waals surface area contributed by atoms with Crippen LogP contribution in [0.25, 0.3) is 0 Å². The van der Waals surface area contributed by atoms with Crippen LogP contribution in [0, 0.1) is 5.92 Å². The van der Waals surface area contributed by atoms with Crippen LogP contribution < -0.4 is 5.32 Å². The van der Waals surface area contributed by atoms with Crippen molar-refractivity contribution in [1.82, 2.24) is 19.8 Å². The molecular formula is C21H29N5S. The van der Waals surface area contributed by atoms with E-state index in [2.05, 4.69) is 68.2 Å². The van der Waals surface area contributed by atoms with E-state index in [9.17, 15) is 0 Å². The summed E-state index contributed by atoms with van der Waals surface area (Å²) >= 11 is 2.01. The number of guanidine groups is 1. The molecule has 2 fully saturated rings. The fourth-order valence-electron chi connectivity index (χ4n) is 3.86. The number of hydrogen-bond acceptors (Lipinski definition) is 3. The first kappa shape index (κ1) is 18.4. The first-order valence-corrected chi connectivity index (χ1v) is 10.7. The van der Waals surface area contributed by atoms with Crippen LogP contribution in [-0.2, 0) is 0 Å². The maximum absolute atomic E-state index is 4.59. The van der Waals surface area contributed by atoms with Gasteiger partial charge in [-0.25, -0.2) is 4.98 Å². The predicted octanol–water partition coefficient (Wildman–Crippen LogP) is 3.67. The van der Waals surface area contributed by atoms with Gasteiger partial charge in [0.15, 0.2) is 5.96 Å². The summed E-state index contributed by atoms with van der Waals surface area (Å²) in [5.41, 5.74) is 0. The predicted molar refractivity (Wildman–Crippen MR) is 112 cm³/mol. The topological polar surface area (TPSA) is 45.5 Å². The van der Waals surface area contributed by atoms with Gasteiger partial charge in [-0.05, 0) is 37.3 Å².